The third-order valence-electron chi connectivity index (χ3n) is 3.44. The lowest BCUT2D eigenvalue weighted by atomic mass is 10.2. The summed E-state index contributed by atoms with van der Waals surface area (Å²) in [5.74, 6) is -0.564. The van der Waals surface area contributed by atoms with Gasteiger partial charge in [0, 0.05) is 11.6 Å². The smallest absolute Gasteiger partial charge is 0.292 e. The van der Waals surface area contributed by atoms with E-state index in [0.717, 1.165) is 11.8 Å². The molecule has 9 nitrogen and oxygen atoms in total. The average Bonchev–Trinajstić information content (AvgIpc) is 2.67. The van der Waals surface area contributed by atoms with Gasteiger partial charge in [0.1, 0.15) is 5.69 Å². The number of thioether (sulfide) groups is 1. The van der Waals surface area contributed by atoms with Crippen LogP contribution in [0.4, 0.5) is 11.4 Å². The van der Waals surface area contributed by atoms with Gasteiger partial charge in [-0.15, -0.1) is 10.2 Å². The van der Waals surface area contributed by atoms with Gasteiger partial charge in [-0.25, -0.2) is 0 Å². The summed E-state index contributed by atoms with van der Waals surface area (Å²) in [6.07, 6.45) is 0. The zero-order valence-electron chi connectivity index (χ0n) is 13.8. The van der Waals surface area contributed by atoms with E-state index in [1.165, 1.54) is 18.2 Å². The highest BCUT2D eigenvalue weighted by molar-refractivity contribution is 7.99. The molecule has 0 spiro atoms. The van der Waals surface area contributed by atoms with E-state index in [1.807, 2.05) is 6.07 Å². The maximum atomic E-state index is 12.1. The number of nitrogens with zero attached hydrogens (tertiary/aromatic N) is 3. The predicted octanol–water partition coefficient (Wildman–Crippen LogP) is 2.47. The number of benzene rings is 2. The molecule has 0 aliphatic carbocycles. The number of rotatable bonds is 6. The van der Waals surface area contributed by atoms with Gasteiger partial charge in [0.05, 0.1) is 10.7 Å². The molecule has 3 rings (SSSR count). The normalized spacial score (nSPS) is 10.4. The van der Waals surface area contributed by atoms with Crippen LogP contribution in [0.5, 0.6) is 0 Å². The number of H-pyrrole nitrogens is 1. The van der Waals surface area contributed by atoms with E-state index in [9.17, 15) is 19.7 Å². The first-order valence-electron chi connectivity index (χ1n) is 7.73. The molecule has 0 aliphatic rings. The van der Waals surface area contributed by atoms with Crippen molar-refractivity contribution < 1.29 is 9.72 Å². The van der Waals surface area contributed by atoms with Crippen molar-refractivity contribution in [3.05, 3.63) is 75.1 Å². The Bertz CT molecular complexity index is 1040. The highest BCUT2D eigenvalue weighted by Crippen LogP contribution is 2.23. The topological polar surface area (TPSA) is 131 Å². The molecule has 0 unspecified atom stereocenters. The lowest BCUT2D eigenvalue weighted by molar-refractivity contribution is -0.383. The number of hydrogen-bond acceptors (Lipinski definition) is 7. The summed E-state index contributed by atoms with van der Waals surface area (Å²) < 4.78 is 0. The highest BCUT2D eigenvalue weighted by Gasteiger charge is 2.15. The Labute approximate surface area is 157 Å². The van der Waals surface area contributed by atoms with Crippen molar-refractivity contribution in [2.45, 2.75) is 5.16 Å². The lowest BCUT2D eigenvalue weighted by Gasteiger charge is -2.05. The number of nitro benzene ring substituents is 1. The maximum absolute atomic E-state index is 12.1. The van der Waals surface area contributed by atoms with Gasteiger partial charge in [0.25, 0.3) is 11.2 Å². The molecule has 10 heteroatoms. The molecule has 0 aliphatic heterocycles. The van der Waals surface area contributed by atoms with Crippen LogP contribution in [-0.4, -0.2) is 31.8 Å². The summed E-state index contributed by atoms with van der Waals surface area (Å²) >= 11 is 0.969. The van der Waals surface area contributed by atoms with Crippen LogP contribution < -0.4 is 10.9 Å². The Morgan fingerprint density at radius 3 is 2.52 bits per heavy atom. The molecule has 1 heterocycles. The number of aromatic nitrogens is 3. The van der Waals surface area contributed by atoms with Crippen LogP contribution in [0.15, 0.2) is 64.5 Å². The van der Waals surface area contributed by atoms with E-state index < -0.39 is 16.4 Å². The zero-order chi connectivity index (χ0) is 19.2. The summed E-state index contributed by atoms with van der Waals surface area (Å²) in [6, 6.07) is 14.7. The van der Waals surface area contributed by atoms with E-state index >= 15 is 0 Å². The number of aromatic amines is 1. The number of anilines is 1. The molecule has 1 aromatic heterocycles. The summed E-state index contributed by atoms with van der Waals surface area (Å²) in [7, 11) is 0. The van der Waals surface area contributed by atoms with Gasteiger partial charge < -0.3 is 5.32 Å². The number of carbonyl (C=O) groups is 1. The van der Waals surface area contributed by atoms with Crippen molar-refractivity contribution in [2.24, 2.45) is 0 Å². The molecule has 0 radical (unpaired) electrons. The van der Waals surface area contributed by atoms with Crippen molar-refractivity contribution in [1.82, 2.24) is 15.2 Å². The summed E-state index contributed by atoms with van der Waals surface area (Å²) in [5.41, 5.74) is 0.308. The van der Waals surface area contributed by atoms with Crippen molar-refractivity contribution in [1.29, 1.82) is 0 Å². The van der Waals surface area contributed by atoms with Crippen molar-refractivity contribution in [3.63, 3.8) is 0 Å². The number of hydrogen-bond donors (Lipinski definition) is 2. The Hall–Kier alpha value is -3.53. The zero-order valence-corrected chi connectivity index (χ0v) is 14.6. The van der Waals surface area contributed by atoms with Gasteiger partial charge in [-0.3, -0.25) is 24.7 Å². The summed E-state index contributed by atoms with van der Waals surface area (Å²) in [6.45, 7) is 0. The molecule has 0 fully saturated rings. The Morgan fingerprint density at radius 1 is 1.11 bits per heavy atom. The third-order valence-corrected chi connectivity index (χ3v) is 4.30. The molecule has 2 aromatic carbocycles. The number of carbonyl (C=O) groups excluding carboxylic acids is 1. The molecule has 2 N–H and O–H groups in total. The fourth-order valence-corrected chi connectivity index (χ4v) is 2.83. The summed E-state index contributed by atoms with van der Waals surface area (Å²) in [4.78, 5) is 37.1. The molecule has 1 amide bonds. The molecule has 0 atom stereocenters. The number of nitro groups is 1. The highest BCUT2D eigenvalue weighted by atomic mass is 32.2. The summed E-state index contributed by atoms with van der Waals surface area (Å²) in [5, 5.41) is 21.4. The number of para-hydroxylation sites is 2. The third kappa shape index (κ3) is 4.55. The Kier molecular flexibility index (Phi) is 5.57. The van der Waals surface area contributed by atoms with E-state index in [0.29, 0.717) is 5.56 Å². The fourth-order valence-electron chi connectivity index (χ4n) is 2.23. The minimum atomic E-state index is -0.575. The van der Waals surface area contributed by atoms with E-state index in [2.05, 4.69) is 20.5 Å². The predicted molar refractivity (Wildman–Crippen MR) is 101 cm³/mol. The molecule has 3 aromatic rings. The standard InChI is InChI=1S/C17H13N5O4S/c23-14(18-12-8-4-5-9-13(12)22(25)26)10-27-17-19-16(24)15(20-21-17)11-6-2-1-3-7-11/h1-9H,10H2,(H,18,23)(H,19,21,24). The number of nitrogens with one attached hydrogen (secondary N) is 2. The first kappa shape index (κ1) is 18.3. The van der Waals surface area contributed by atoms with Crippen LogP contribution in [0.3, 0.4) is 0 Å². The molecule has 27 heavy (non-hydrogen) atoms. The maximum Gasteiger partial charge on any atom is 0.292 e. The van der Waals surface area contributed by atoms with Crippen molar-refractivity contribution >= 4 is 29.0 Å². The van der Waals surface area contributed by atoms with Gasteiger partial charge in [0.15, 0.2) is 10.9 Å². The molecular formula is C17H13N5O4S. The molecule has 0 saturated carbocycles. The van der Waals surface area contributed by atoms with Crippen LogP contribution in [0.1, 0.15) is 0 Å². The lowest BCUT2D eigenvalue weighted by Crippen LogP contribution is -2.17. The van der Waals surface area contributed by atoms with Crippen LogP contribution >= 0.6 is 11.8 Å². The Morgan fingerprint density at radius 2 is 1.81 bits per heavy atom. The second-order valence-electron chi connectivity index (χ2n) is 5.29. The molecule has 0 saturated heterocycles. The van der Waals surface area contributed by atoms with Crippen molar-refractivity contribution in [3.8, 4) is 11.3 Å². The van der Waals surface area contributed by atoms with Crippen molar-refractivity contribution in [2.75, 3.05) is 11.1 Å². The molecule has 0 bridgehead atoms. The quantitative estimate of drug-likeness (QED) is 0.380. The minimum absolute atomic E-state index is 0.0959. The molecular weight excluding hydrogens is 370 g/mol. The van der Waals surface area contributed by atoms with Gasteiger partial charge >= 0.3 is 0 Å². The van der Waals surface area contributed by atoms with Gasteiger partial charge in [-0.2, -0.15) is 0 Å². The second kappa shape index (κ2) is 8.23. The average molecular weight is 383 g/mol. The minimum Gasteiger partial charge on any atom is -0.320 e. The SMILES string of the molecule is O=C(CSc1nnc(-c2ccccc2)c(=O)[nH]1)Nc1ccccc1[N+](=O)[O-]. The van der Waals surface area contributed by atoms with Gasteiger partial charge in [0.2, 0.25) is 5.91 Å². The monoisotopic (exact) mass is 383 g/mol. The van der Waals surface area contributed by atoms with E-state index in [4.69, 9.17) is 0 Å². The van der Waals surface area contributed by atoms with Crippen LogP contribution in [0, 0.1) is 10.1 Å². The van der Waals surface area contributed by atoms with Gasteiger partial charge in [-0.05, 0) is 6.07 Å². The first-order chi connectivity index (χ1) is 13.0. The largest absolute Gasteiger partial charge is 0.320 e. The van der Waals surface area contributed by atoms with E-state index in [-0.39, 0.29) is 28.0 Å². The second-order valence-corrected chi connectivity index (χ2v) is 6.25. The van der Waals surface area contributed by atoms with Crippen LogP contribution in [0.25, 0.3) is 11.3 Å². The first-order valence-corrected chi connectivity index (χ1v) is 8.71. The molecule has 136 valence electrons. The Balaban J connectivity index is 1.65. The number of amides is 1. The van der Waals surface area contributed by atoms with Crippen LogP contribution in [0.2, 0.25) is 0 Å². The van der Waals surface area contributed by atoms with E-state index in [1.54, 1.807) is 30.3 Å². The van der Waals surface area contributed by atoms with Crippen LogP contribution in [-0.2, 0) is 4.79 Å². The van der Waals surface area contributed by atoms with Gasteiger partial charge in [-0.1, -0.05) is 54.2 Å². The fraction of sp³-hybridized carbons (Fsp3) is 0.0588.